The number of amides is 1. The molecular formula is C8H11NO4. The summed E-state index contributed by atoms with van der Waals surface area (Å²) in [4.78, 5) is 22.6. The maximum absolute atomic E-state index is 11.3. The van der Waals surface area contributed by atoms with E-state index in [-0.39, 0.29) is 12.2 Å². The molecule has 0 spiro atoms. The van der Waals surface area contributed by atoms with Crippen molar-refractivity contribution in [2.75, 3.05) is 13.2 Å². The molecule has 0 aromatic carbocycles. The second-order valence-corrected chi connectivity index (χ2v) is 2.86. The number of hydrogen-bond acceptors (Lipinski definition) is 4. The Kier molecular flexibility index (Phi) is 2.20. The SMILES string of the molecule is CCOC(=O)N1C[C@H]2C=C[C@H]1OO2. The minimum atomic E-state index is -0.427. The Balaban J connectivity index is 2.02. The lowest BCUT2D eigenvalue weighted by Crippen LogP contribution is -2.52. The monoisotopic (exact) mass is 185 g/mol. The fourth-order valence-electron chi connectivity index (χ4n) is 1.34. The summed E-state index contributed by atoms with van der Waals surface area (Å²) in [5, 5.41) is 0. The number of ether oxygens (including phenoxy) is 1. The van der Waals surface area contributed by atoms with Gasteiger partial charge in [-0.3, -0.25) is 4.90 Å². The van der Waals surface area contributed by atoms with Crippen molar-refractivity contribution in [1.82, 2.24) is 4.90 Å². The molecule has 72 valence electrons. The molecule has 1 amide bonds. The van der Waals surface area contributed by atoms with Crippen LogP contribution in [0, 0.1) is 0 Å². The third-order valence-corrected chi connectivity index (χ3v) is 1.95. The van der Waals surface area contributed by atoms with Gasteiger partial charge in [-0.25, -0.2) is 14.6 Å². The van der Waals surface area contributed by atoms with Crippen LogP contribution in [0.1, 0.15) is 6.92 Å². The number of carbonyl (C=O) groups is 1. The molecule has 3 aliphatic heterocycles. The number of carbonyl (C=O) groups excluding carboxylic acids is 1. The van der Waals surface area contributed by atoms with Gasteiger partial charge >= 0.3 is 6.09 Å². The summed E-state index contributed by atoms with van der Waals surface area (Å²) in [6, 6.07) is 0. The van der Waals surface area contributed by atoms with E-state index < -0.39 is 6.23 Å². The van der Waals surface area contributed by atoms with E-state index in [9.17, 15) is 4.79 Å². The first kappa shape index (κ1) is 8.52. The molecule has 2 bridgehead atoms. The lowest BCUT2D eigenvalue weighted by Gasteiger charge is -2.38. The number of hydrogen-bond donors (Lipinski definition) is 0. The zero-order valence-corrected chi connectivity index (χ0v) is 7.30. The molecule has 2 atom stereocenters. The summed E-state index contributed by atoms with van der Waals surface area (Å²) >= 11 is 0. The van der Waals surface area contributed by atoms with Crippen molar-refractivity contribution in [1.29, 1.82) is 0 Å². The van der Waals surface area contributed by atoms with Crippen molar-refractivity contribution in [3.8, 4) is 0 Å². The second-order valence-electron chi connectivity index (χ2n) is 2.86. The van der Waals surface area contributed by atoms with Crippen molar-refractivity contribution in [3.05, 3.63) is 12.2 Å². The Bertz CT molecular complexity index is 240. The Hall–Kier alpha value is -1.07. The van der Waals surface area contributed by atoms with Crippen molar-refractivity contribution in [3.63, 3.8) is 0 Å². The van der Waals surface area contributed by atoms with Crippen LogP contribution in [0.2, 0.25) is 0 Å². The quantitative estimate of drug-likeness (QED) is 0.445. The first-order valence-electron chi connectivity index (χ1n) is 4.25. The summed E-state index contributed by atoms with van der Waals surface area (Å²) in [7, 11) is 0. The molecule has 0 radical (unpaired) electrons. The van der Waals surface area contributed by atoms with Crippen LogP contribution in [-0.2, 0) is 14.5 Å². The van der Waals surface area contributed by atoms with E-state index >= 15 is 0 Å². The number of fused-ring (bicyclic) bond motifs is 2. The molecule has 1 fully saturated rings. The molecule has 0 aromatic rings. The van der Waals surface area contributed by atoms with E-state index in [2.05, 4.69) is 0 Å². The van der Waals surface area contributed by atoms with Crippen LogP contribution < -0.4 is 0 Å². The van der Waals surface area contributed by atoms with Crippen LogP contribution >= 0.6 is 0 Å². The molecular weight excluding hydrogens is 174 g/mol. The third-order valence-electron chi connectivity index (χ3n) is 1.95. The molecule has 0 unspecified atom stereocenters. The van der Waals surface area contributed by atoms with E-state index in [4.69, 9.17) is 14.5 Å². The van der Waals surface area contributed by atoms with Crippen LogP contribution in [0.5, 0.6) is 0 Å². The molecule has 3 rings (SSSR count). The van der Waals surface area contributed by atoms with E-state index in [1.165, 1.54) is 4.90 Å². The highest BCUT2D eigenvalue weighted by Gasteiger charge is 2.36. The zero-order chi connectivity index (χ0) is 9.26. The van der Waals surface area contributed by atoms with Crippen LogP contribution in [-0.4, -0.2) is 36.5 Å². The van der Waals surface area contributed by atoms with Gasteiger partial charge in [0.2, 0.25) is 0 Å². The van der Waals surface area contributed by atoms with Gasteiger partial charge in [0, 0.05) is 0 Å². The molecule has 0 N–H and O–H groups in total. The topological polar surface area (TPSA) is 48.0 Å². The molecule has 3 heterocycles. The summed E-state index contributed by atoms with van der Waals surface area (Å²) in [5.74, 6) is 0. The largest absolute Gasteiger partial charge is 0.450 e. The van der Waals surface area contributed by atoms with Gasteiger partial charge in [0.25, 0.3) is 0 Å². The van der Waals surface area contributed by atoms with Crippen LogP contribution in [0.4, 0.5) is 4.79 Å². The van der Waals surface area contributed by atoms with E-state index in [1.807, 2.05) is 6.08 Å². The average Bonchev–Trinajstić information content (AvgIpc) is 2.20. The highest BCUT2D eigenvalue weighted by molar-refractivity contribution is 5.68. The van der Waals surface area contributed by atoms with E-state index in [0.29, 0.717) is 13.2 Å². The van der Waals surface area contributed by atoms with Crippen molar-refractivity contribution < 1.29 is 19.3 Å². The second kappa shape index (κ2) is 3.35. The van der Waals surface area contributed by atoms with Crippen molar-refractivity contribution >= 4 is 6.09 Å². The van der Waals surface area contributed by atoms with Gasteiger partial charge in [0.15, 0.2) is 6.23 Å². The number of nitrogens with zero attached hydrogens (tertiary/aromatic N) is 1. The average molecular weight is 185 g/mol. The fraction of sp³-hybridized carbons (Fsp3) is 0.625. The fourth-order valence-corrected chi connectivity index (χ4v) is 1.34. The normalized spacial score (nSPS) is 30.7. The Morgan fingerprint density at radius 3 is 2.92 bits per heavy atom. The van der Waals surface area contributed by atoms with Gasteiger partial charge in [-0.05, 0) is 13.0 Å². The molecule has 1 saturated heterocycles. The van der Waals surface area contributed by atoms with Crippen molar-refractivity contribution in [2.24, 2.45) is 0 Å². The van der Waals surface area contributed by atoms with Gasteiger partial charge in [0.05, 0.1) is 13.2 Å². The summed E-state index contributed by atoms with van der Waals surface area (Å²) in [5.41, 5.74) is 0. The molecule has 5 nitrogen and oxygen atoms in total. The lowest BCUT2D eigenvalue weighted by atomic mass is 10.2. The van der Waals surface area contributed by atoms with Gasteiger partial charge in [-0.2, -0.15) is 0 Å². The predicted octanol–water partition coefficient (Wildman–Crippen LogP) is 0.671. The highest BCUT2D eigenvalue weighted by atomic mass is 17.2. The highest BCUT2D eigenvalue weighted by Crippen LogP contribution is 2.21. The van der Waals surface area contributed by atoms with Gasteiger partial charge in [-0.1, -0.05) is 6.08 Å². The molecule has 3 aliphatic rings. The summed E-state index contributed by atoms with van der Waals surface area (Å²) in [6.45, 7) is 2.64. The van der Waals surface area contributed by atoms with Gasteiger partial charge in [-0.15, -0.1) is 0 Å². The van der Waals surface area contributed by atoms with E-state index in [1.54, 1.807) is 13.0 Å². The Morgan fingerprint density at radius 1 is 1.62 bits per heavy atom. The maximum Gasteiger partial charge on any atom is 0.412 e. The first-order valence-corrected chi connectivity index (χ1v) is 4.25. The third kappa shape index (κ3) is 1.52. The zero-order valence-electron chi connectivity index (χ0n) is 7.30. The van der Waals surface area contributed by atoms with Crippen LogP contribution in [0.15, 0.2) is 12.2 Å². The minimum Gasteiger partial charge on any atom is -0.450 e. The van der Waals surface area contributed by atoms with Crippen LogP contribution in [0.3, 0.4) is 0 Å². The first-order chi connectivity index (χ1) is 6.31. The smallest absolute Gasteiger partial charge is 0.412 e. The Labute approximate surface area is 75.8 Å². The predicted molar refractivity (Wildman–Crippen MR) is 42.6 cm³/mol. The lowest BCUT2D eigenvalue weighted by molar-refractivity contribution is -0.387. The summed E-state index contributed by atoms with van der Waals surface area (Å²) in [6.07, 6.45) is 2.72. The number of rotatable bonds is 1. The molecule has 0 aromatic heterocycles. The molecule has 0 aliphatic carbocycles. The van der Waals surface area contributed by atoms with Crippen LogP contribution in [0.25, 0.3) is 0 Å². The van der Waals surface area contributed by atoms with E-state index in [0.717, 1.165) is 0 Å². The van der Waals surface area contributed by atoms with Gasteiger partial charge < -0.3 is 4.74 Å². The maximum atomic E-state index is 11.3. The van der Waals surface area contributed by atoms with Crippen molar-refractivity contribution in [2.45, 2.75) is 19.3 Å². The van der Waals surface area contributed by atoms with Gasteiger partial charge in [0.1, 0.15) is 6.10 Å². The minimum absolute atomic E-state index is 0.158. The standard InChI is InChI=1S/C8H11NO4/c1-2-11-8(10)9-5-6-3-4-7(9)13-12-6/h3-4,6-7H,2,5H2,1H3/t6-,7-/m1/s1. The molecule has 0 saturated carbocycles. The summed E-state index contributed by atoms with van der Waals surface area (Å²) < 4.78 is 4.85. The Morgan fingerprint density at radius 2 is 2.46 bits per heavy atom. The molecule has 13 heavy (non-hydrogen) atoms. The molecule has 5 heteroatoms.